The van der Waals surface area contributed by atoms with Gasteiger partial charge in [-0.2, -0.15) is 0 Å². The summed E-state index contributed by atoms with van der Waals surface area (Å²) in [4.78, 5) is 16.5. The van der Waals surface area contributed by atoms with Crippen LogP contribution in [0.1, 0.15) is 5.76 Å². The molecule has 0 saturated carbocycles. The van der Waals surface area contributed by atoms with E-state index in [2.05, 4.69) is 4.99 Å². The van der Waals surface area contributed by atoms with Gasteiger partial charge in [-0.15, -0.1) is 0 Å². The summed E-state index contributed by atoms with van der Waals surface area (Å²) in [6, 6.07) is 14.5. The fraction of sp³-hybridized carbons (Fsp3) is 0.100. The standard InChI is InChI=1S/C20H15Cl2N3O2/c1-24-17-7-4-13(10-18(17)25(2)20(24)26)23-11-14-5-8-19(27-14)15-6-3-12(21)9-16(15)22/h3-11H,1-2H3. The second kappa shape index (κ2) is 6.76. The molecule has 0 unspecified atom stereocenters. The van der Waals surface area contributed by atoms with E-state index in [9.17, 15) is 4.79 Å². The highest BCUT2D eigenvalue weighted by Gasteiger charge is 2.09. The molecule has 2 aromatic carbocycles. The third-order valence-electron chi connectivity index (χ3n) is 4.42. The smallest absolute Gasteiger partial charge is 0.328 e. The molecule has 0 aliphatic carbocycles. The van der Waals surface area contributed by atoms with Crippen LogP contribution in [0.2, 0.25) is 10.0 Å². The maximum atomic E-state index is 12.0. The summed E-state index contributed by atoms with van der Waals surface area (Å²) in [6.07, 6.45) is 1.63. The Balaban J connectivity index is 1.64. The lowest BCUT2D eigenvalue weighted by molar-refractivity contribution is 0.575. The molecule has 0 bridgehead atoms. The summed E-state index contributed by atoms with van der Waals surface area (Å²) in [7, 11) is 3.49. The van der Waals surface area contributed by atoms with Gasteiger partial charge in [-0.1, -0.05) is 23.2 Å². The van der Waals surface area contributed by atoms with Gasteiger partial charge < -0.3 is 4.42 Å². The number of hydrogen-bond donors (Lipinski definition) is 0. The number of nitrogens with zero attached hydrogens (tertiary/aromatic N) is 3. The molecule has 5 nitrogen and oxygen atoms in total. The number of aliphatic imine (C=N–C) groups is 1. The van der Waals surface area contributed by atoms with Gasteiger partial charge in [0.05, 0.1) is 28.0 Å². The first-order chi connectivity index (χ1) is 12.9. The van der Waals surface area contributed by atoms with Gasteiger partial charge in [0.2, 0.25) is 0 Å². The fourth-order valence-corrected chi connectivity index (χ4v) is 3.47. The number of fused-ring (bicyclic) bond motifs is 1. The number of furan rings is 1. The van der Waals surface area contributed by atoms with Crippen molar-refractivity contribution in [2.24, 2.45) is 19.1 Å². The van der Waals surface area contributed by atoms with Gasteiger partial charge in [0.25, 0.3) is 0 Å². The molecule has 4 aromatic rings. The van der Waals surface area contributed by atoms with Crippen molar-refractivity contribution in [3.05, 3.63) is 74.8 Å². The number of imidazole rings is 1. The molecular weight excluding hydrogens is 385 g/mol. The lowest BCUT2D eigenvalue weighted by Crippen LogP contribution is -2.19. The molecule has 136 valence electrons. The lowest BCUT2D eigenvalue weighted by Gasteiger charge is -2.00. The minimum atomic E-state index is -0.0679. The van der Waals surface area contributed by atoms with E-state index >= 15 is 0 Å². The molecule has 27 heavy (non-hydrogen) atoms. The van der Waals surface area contributed by atoms with Crippen molar-refractivity contribution in [3.8, 4) is 11.3 Å². The van der Waals surface area contributed by atoms with Gasteiger partial charge in [0.1, 0.15) is 11.5 Å². The maximum absolute atomic E-state index is 12.0. The number of benzene rings is 2. The molecular formula is C20H15Cl2N3O2. The van der Waals surface area contributed by atoms with Gasteiger partial charge in [0, 0.05) is 24.7 Å². The Labute approximate surface area is 165 Å². The van der Waals surface area contributed by atoms with Gasteiger partial charge in [-0.3, -0.25) is 14.1 Å². The second-order valence-electron chi connectivity index (χ2n) is 6.16. The summed E-state index contributed by atoms with van der Waals surface area (Å²) in [5.41, 5.74) is 3.11. The van der Waals surface area contributed by atoms with E-state index < -0.39 is 0 Å². The summed E-state index contributed by atoms with van der Waals surface area (Å²) in [6.45, 7) is 0. The highest BCUT2D eigenvalue weighted by atomic mass is 35.5. The first-order valence-electron chi connectivity index (χ1n) is 8.19. The second-order valence-corrected chi connectivity index (χ2v) is 7.00. The quantitative estimate of drug-likeness (QED) is 0.444. The third kappa shape index (κ3) is 3.20. The van der Waals surface area contributed by atoms with E-state index in [4.69, 9.17) is 27.6 Å². The molecule has 0 saturated heterocycles. The molecule has 2 heterocycles. The third-order valence-corrected chi connectivity index (χ3v) is 4.97. The van der Waals surface area contributed by atoms with Crippen LogP contribution < -0.4 is 5.69 Å². The summed E-state index contributed by atoms with van der Waals surface area (Å²) in [5, 5.41) is 1.10. The van der Waals surface area contributed by atoms with Crippen molar-refractivity contribution in [2.75, 3.05) is 0 Å². The van der Waals surface area contributed by atoms with Crippen molar-refractivity contribution in [3.63, 3.8) is 0 Å². The van der Waals surface area contributed by atoms with Crippen molar-refractivity contribution in [1.82, 2.24) is 9.13 Å². The van der Waals surface area contributed by atoms with Crippen molar-refractivity contribution in [1.29, 1.82) is 0 Å². The maximum Gasteiger partial charge on any atom is 0.328 e. The lowest BCUT2D eigenvalue weighted by atomic mass is 10.2. The van der Waals surface area contributed by atoms with E-state index in [0.29, 0.717) is 21.6 Å². The van der Waals surface area contributed by atoms with E-state index in [1.807, 2.05) is 36.4 Å². The zero-order chi connectivity index (χ0) is 19.1. The predicted molar refractivity (Wildman–Crippen MR) is 110 cm³/mol. The first-order valence-corrected chi connectivity index (χ1v) is 8.94. The van der Waals surface area contributed by atoms with Gasteiger partial charge in [-0.05, 0) is 48.5 Å². The Morgan fingerprint density at radius 3 is 2.52 bits per heavy atom. The number of halogens is 2. The number of aryl methyl sites for hydroxylation is 2. The van der Waals surface area contributed by atoms with Crippen molar-refractivity contribution in [2.45, 2.75) is 0 Å². The average molecular weight is 400 g/mol. The molecule has 0 fully saturated rings. The highest BCUT2D eigenvalue weighted by molar-refractivity contribution is 6.36. The average Bonchev–Trinajstić information content (AvgIpc) is 3.20. The summed E-state index contributed by atoms with van der Waals surface area (Å²) >= 11 is 12.2. The summed E-state index contributed by atoms with van der Waals surface area (Å²) < 4.78 is 9.02. The van der Waals surface area contributed by atoms with Crippen molar-refractivity contribution < 1.29 is 4.42 Å². The van der Waals surface area contributed by atoms with E-state index in [-0.39, 0.29) is 5.69 Å². The molecule has 0 amide bonds. The van der Waals surface area contributed by atoms with Crippen LogP contribution in [0.5, 0.6) is 0 Å². The summed E-state index contributed by atoms with van der Waals surface area (Å²) in [5.74, 6) is 1.23. The Kier molecular flexibility index (Phi) is 4.42. The van der Waals surface area contributed by atoms with E-state index in [1.165, 1.54) is 0 Å². The van der Waals surface area contributed by atoms with Crippen LogP contribution in [-0.2, 0) is 14.1 Å². The first kappa shape index (κ1) is 17.6. The van der Waals surface area contributed by atoms with Crippen LogP contribution in [0.15, 0.2) is 62.7 Å². The monoisotopic (exact) mass is 399 g/mol. The van der Waals surface area contributed by atoms with Crippen LogP contribution in [0, 0.1) is 0 Å². The molecule has 0 radical (unpaired) electrons. The Bertz CT molecular complexity index is 1250. The molecule has 2 aromatic heterocycles. The van der Waals surface area contributed by atoms with Gasteiger partial charge >= 0.3 is 5.69 Å². The minimum Gasteiger partial charge on any atom is -0.455 e. The van der Waals surface area contributed by atoms with Gasteiger partial charge in [-0.25, -0.2) is 4.79 Å². The zero-order valence-electron chi connectivity index (χ0n) is 14.6. The Morgan fingerprint density at radius 2 is 1.74 bits per heavy atom. The Morgan fingerprint density at radius 1 is 0.963 bits per heavy atom. The fourth-order valence-electron chi connectivity index (χ4n) is 2.97. The highest BCUT2D eigenvalue weighted by Crippen LogP contribution is 2.31. The van der Waals surface area contributed by atoms with Crippen LogP contribution >= 0.6 is 23.2 Å². The van der Waals surface area contributed by atoms with Gasteiger partial charge in [0.15, 0.2) is 0 Å². The molecule has 4 rings (SSSR count). The zero-order valence-corrected chi connectivity index (χ0v) is 16.1. The van der Waals surface area contributed by atoms with E-state index in [0.717, 1.165) is 22.3 Å². The number of hydrogen-bond acceptors (Lipinski definition) is 3. The number of aromatic nitrogens is 2. The molecule has 0 spiro atoms. The molecule has 0 N–H and O–H groups in total. The van der Waals surface area contributed by atoms with Crippen LogP contribution in [-0.4, -0.2) is 15.3 Å². The van der Waals surface area contributed by atoms with E-state index in [1.54, 1.807) is 41.6 Å². The van der Waals surface area contributed by atoms with Crippen molar-refractivity contribution >= 4 is 46.1 Å². The van der Waals surface area contributed by atoms with Crippen LogP contribution in [0.3, 0.4) is 0 Å². The SMILES string of the molecule is Cn1c(=O)n(C)c2cc(N=Cc3ccc(-c4ccc(Cl)cc4Cl)o3)ccc21. The van der Waals surface area contributed by atoms with Crippen LogP contribution in [0.4, 0.5) is 5.69 Å². The molecule has 7 heteroatoms. The molecule has 0 aliphatic heterocycles. The number of rotatable bonds is 3. The minimum absolute atomic E-state index is 0.0679. The van der Waals surface area contributed by atoms with Crippen LogP contribution in [0.25, 0.3) is 22.4 Å². The predicted octanol–water partition coefficient (Wildman–Crippen LogP) is 5.19. The molecule has 0 aliphatic rings. The Hall–Kier alpha value is -2.76. The largest absolute Gasteiger partial charge is 0.455 e. The topological polar surface area (TPSA) is 52.4 Å². The molecule has 0 atom stereocenters. The normalized spacial score (nSPS) is 11.7.